The molecule has 0 aromatic heterocycles. The lowest BCUT2D eigenvalue weighted by molar-refractivity contribution is -0.132. The third-order valence-corrected chi connectivity index (χ3v) is 3.71. The molecule has 1 saturated carbocycles. The number of hydrogen-bond acceptors (Lipinski definition) is 1. The first-order valence-electron chi connectivity index (χ1n) is 5.57. The number of rotatable bonds is 1. The summed E-state index contributed by atoms with van der Waals surface area (Å²) in [5.74, 6) is 0.984. The summed E-state index contributed by atoms with van der Waals surface area (Å²) in [6.45, 7) is 7.76. The van der Waals surface area contributed by atoms with Crippen LogP contribution < -0.4 is 0 Å². The van der Waals surface area contributed by atoms with Gasteiger partial charge in [-0.1, -0.05) is 13.5 Å². The summed E-state index contributed by atoms with van der Waals surface area (Å²) in [6, 6.07) is 0. The Bertz CT molecular complexity index is 248. The molecule has 2 fully saturated rings. The molecule has 0 radical (unpaired) electrons. The molecule has 1 saturated heterocycles. The predicted molar refractivity (Wildman–Crippen MR) is 56.8 cm³/mol. The Labute approximate surface area is 86.0 Å². The van der Waals surface area contributed by atoms with Crippen molar-refractivity contribution < 1.29 is 4.79 Å². The van der Waals surface area contributed by atoms with Crippen LogP contribution in [0.3, 0.4) is 0 Å². The Balaban J connectivity index is 1.98. The standard InChI is InChI=1S/C12H19NO/c1-3-11(14)13-6-4-5-12(9-13)7-10(2)8-12/h3,10H,1,4-9H2,2H3. The summed E-state index contributed by atoms with van der Waals surface area (Å²) in [5, 5.41) is 0. The van der Waals surface area contributed by atoms with E-state index in [0.717, 1.165) is 19.0 Å². The number of nitrogens with zero attached hydrogens (tertiary/aromatic N) is 1. The SMILES string of the molecule is C=CC(=O)N1CCCC2(CC(C)C2)C1. The molecule has 0 aromatic rings. The molecule has 1 heterocycles. The van der Waals surface area contributed by atoms with Crippen LogP contribution in [-0.2, 0) is 4.79 Å². The maximum Gasteiger partial charge on any atom is 0.245 e. The molecule has 0 bridgehead atoms. The van der Waals surface area contributed by atoms with Gasteiger partial charge in [-0.25, -0.2) is 0 Å². The molecule has 0 unspecified atom stereocenters. The van der Waals surface area contributed by atoms with Gasteiger partial charge in [0.05, 0.1) is 0 Å². The van der Waals surface area contributed by atoms with Gasteiger partial charge in [0.1, 0.15) is 0 Å². The zero-order chi connectivity index (χ0) is 10.2. The monoisotopic (exact) mass is 193 g/mol. The Morgan fingerprint density at radius 1 is 1.57 bits per heavy atom. The zero-order valence-electron chi connectivity index (χ0n) is 8.96. The average molecular weight is 193 g/mol. The first-order valence-corrected chi connectivity index (χ1v) is 5.57. The molecule has 14 heavy (non-hydrogen) atoms. The quantitative estimate of drug-likeness (QED) is 0.585. The lowest BCUT2D eigenvalue weighted by Gasteiger charge is -2.52. The number of carbonyl (C=O) groups is 1. The smallest absolute Gasteiger partial charge is 0.245 e. The maximum absolute atomic E-state index is 11.5. The third-order valence-electron chi connectivity index (χ3n) is 3.71. The van der Waals surface area contributed by atoms with Crippen LogP contribution in [0.2, 0.25) is 0 Å². The Hall–Kier alpha value is -0.790. The molecule has 1 aliphatic heterocycles. The molecule has 0 aromatic carbocycles. The first kappa shape index (κ1) is 9.75. The van der Waals surface area contributed by atoms with Crippen molar-refractivity contribution >= 4 is 5.91 Å². The second kappa shape index (κ2) is 3.41. The third kappa shape index (κ3) is 1.58. The molecular weight excluding hydrogens is 174 g/mol. The summed E-state index contributed by atoms with van der Waals surface area (Å²) in [7, 11) is 0. The highest BCUT2D eigenvalue weighted by Crippen LogP contribution is 2.50. The summed E-state index contributed by atoms with van der Waals surface area (Å²) < 4.78 is 0. The van der Waals surface area contributed by atoms with Crippen LogP contribution in [0.4, 0.5) is 0 Å². The van der Waals surface area contributed by atoms with Crippen molar-refractivity contribution in [2.45, 2.75) is 32.6 Å². The number of hydrogen-bond donors (Lipinski definition) is 0. The van der Waals surface area contributed by atoms with E-state index in [9.17, 15) is 4.79 Å². The summed E-state index contributed by atoms with van der Waals surface area (Å²) >= 11 is 0. The fourth-order valence-electron chi connectivity index (χ4n) is 3.28. The van der Waals surface area contributed by atoms with E-state index >= 15 is 0 Å². The van der Waals surface area contributed by atoms with Crippen molar-refractivity contribution in [3.05, 3.63) is 12.7 Å². The van der Waals surface area contributed by atoms with Gasteiger partial charge < -0.3 is 4.90 Å². The van der Waals surface area contributed by atoms with Crippen molar-refractivity contribution in [1.29, 1.82) is 0 Å². The average Bonchev–Trinajstić information content (AvgIpc) is 2.15. The Morgan fingerprint density at radius 2 is 2.29 bits per heavy atom. The van der Waals surface area contributed by atoms with Gasteiger partial charge in [0, 0.05) is 13.1 Å². The van der Waals surface area contributed by atoms with Gasteiger partial charge in [0.2, 0.25) is 5.91 Å². The highest BCUT2D eigenvalue weighted by Gasteiger charge is 2.45. The van der Waals surface area contributed by atoms with E-state index < -0.39 is 0 Å². The molecule has 2 rings (SSSR count). The van der Waals surface area contributed by atoms with Gasteiger partial charge in [-0.05, 0) is 43.1 Å². The summed E-state index contributed by atoms with van der Waals surface area (Å²) in [6.07, 6.45) is 6.56. The fraction of sp³-hybridized carbons (Fsp3) is 0.750. The highest BCUT2D eigenvalue weighted by atomic mass is 16.2. The minimum absolute atomic E-state index is 0.114. The van der Waals surface area contributed by atoms with Gasteiger partial charge in [-0.2, -0.15) is 0 Å². The lowest BCUT2D eigenvalue weighted by Crippen LogP contribution is -2.51. The number of amides is 1. The van der Waals surface area contributed by atoms with Gasteiger partial charge in [-0.3, -0.25) is 4.79 Å². The van der Waals surface area contributed by atoms with Crippen molar-refractivity contribution in [1.82, 2.24) is 4.90 Å². The van der Waals surface area contributed by atoms with E-state index in [4.69, 9.17) is 0 Å². The molecular formula is C12H19NO. The van der Waals surface area contributed by atoms with Crippen LogP contribution in [0.5, 0.6) is 0 Å². The zero-order valence-corrected chi connectivity index (χ0v) is 8.96. The van der Waals surface area contributed by atoms with Crippen LogP contribution >= 0.6 is 0 Å². The van der Waals surface area contributed by atoms with E-state index in [2.05, 4.69) is 13.5 Å². The molecule has 0 N–H and O–H groups in total. The van der Waals surface area contributed by atoms with Crippen LogP contribution in [0.25, 0.3) is 0 Å². The Kier molecular flexibility index (Phi) is 2.38. The molecule has 2 aliphatic rings. The topological polar surface area (TPSA) is 20.3 Å². The van der Waals surface area contributed by atoms with E-state index in [0.29, 0.717) is 5.41 Å². The van der Waals surface area contributed by atoms with Crippen LogP contribution in [-0.4, -0.2) is 23.9 Å². The molecule has 2 heteroatoms. The molecule has 0 atom stereocenters. The number of piperidine rings is 1. The fourth-order valence-corrected chi connectivity index (χ4v) is 3.28. The summed E-state index contributed by atoms with van der Waals surface area (Å²) in [4.78, 5) is 13.5. The van der Waals surface area contributed by atoms with Crippen molar-refractivity contribution in [3.8, 4) is 0 Å². The number of carbonyl (C=O) groups excluding carboxylic acids is 1. The lowest BCUT2D eigenvalue weighted by atomic mass is 9.59. The second-order valence-corrected chi connectivity index (χ2v) is 5.08. The highest BCUT2D eigenvalue weighted by molar-refractivity contribution is 5.87. The molecule has 78 valence electrons. The molecule has 1 spiro atoms. The van der Waals surface area contributed by atoms with E-state index in [-0.39, 0.29) is 5.91 Å². The molecule has 1 aliphatic carbocycles. The van der Waals surface area contributed by atoms with Crippen LogP contribution in [0.15, 0.2) is 12.7 Å². The second-order valence-electron chi connectivity index (χ2n) is 5.08. The van der Waals surface area contributed by atoms with Crippen LogP contribution in [0.1, 0.15) is 32.6 Å². The predicted octanol–water partition coefficient (Wildman–Crippen LogP) is 2.21. The van der Waals surface area contributed by atoms with E-state index in [1.165, 1.54) is 31.8 Å². The van der Waals surface area contributed by atoms with Crippen molar-refractivity contribution in [3.63, 3.8) is 0 Å². The van der Waals surface area contributed by atoms with Crippen molar-refractivity contribution in [2.24, 2.45) is 11.3 Å². The van der Waals surface area contributed by atoms with Crippen molar-refractivity contribution in [2.75, 3.05) is 13.1 Å². The maximum atomic E-state index is 11.5. The molecule has 1 amide bonds. The van der Waals surface area contributed by atoms with Gasteiger partial charge >= 0.3 is 0 Å². The van der Waals surface area contributed by atoms with Gasteiger partial charge in [-0.15, -0.1) is 0 Å². The van der Waals surface area contributed by atoms with E-state index in [1.54, 1.807) is 0 Å². The normalized spacial score (nSPS) is 36.6. The van der Waals surface area contributed by atoms with Gasteiger partial charge in [0.15, 0.2) is 0 Å². The minimum Gasteiger partial charge on any atom is -0.339 e. The largest absolute Gasteiger partial charge is 0.339 e. The van der Waals surface area contributed by atoms with E-state index in [1.807, 2.05) is 4.90 Å². The minimum atomic E-state index is 0.114. The first-order chi connectivity index (χ1) is 6.65. The van der Waals surface area contributed by atoms with Crippen LogP contribution in [0, 0.1) is 11.3 Å². The number of likely N-dealkylation sites (tertiary alicyclic amines) is 1. The van der Waals surface area contributed by atoms with Gasteiger partial charge in [0.25, 0.3) is 0 Å². The Morgan fingerprint density at radius 3 is 2.86 bits per heavy atom. The molecule has 2 nitrogen and oxygen atoms in total. The summed E-state index contributed by atoms with van der Waals surface area (Å²) in [5.41, 5.74) is 0.482.